The third kappa shape index (κ3) is 6.82. The number of hydrogen-bond acceptors (Lipinski definition) is 8. The molecule has 3 rings (SSSR count). The number of nitrogens with one attached hydrogen (secondary N) is 1. The van der Waals surface area contributed by atoms with Gasteiger partial charge in [-0.15, -0.1) is 0 Å². The lowest BCUT2D eigenvalue weighted by molar-refractivity contribution is 0.0145. The van der Waals surface area contributed by atoms with Crippen molar-refractivity contribution in [1.82, 2.24) is 19.6 Å². The van der Waals surface area contributed by atoms with E-state index in [1.165, 1.54) is 0 Å². The average molecular weight is 527 g/mol. The first kappa shape index (κ1) is 25.7. The van der Waals surface area contributed by atoms with Crippen molar-refractivity contribution < 1.29 is 19.0 Å². The molecule has 1 aromatic rings. The lowest BCUT2D eigenvalue weighted by atomic mass is 10.2. The van der Waals surface area contributed by atoms with Gasteiger partial charge in [0.1, 0.15) is 27.7 Å². The fourth-order valence-corrected chi connectivity index (χ4v) is 4.68. The van der Waals surface area contributed by atoms with Crippen LogP contribution in [0, 0.1) is 11.3 Å². The second-order valence-corrected chi connectivity index (χ2v) is 10.2. The van der Waals surface area contributed by atoms with Crippen LogP contribution in [0.4, 0.5) is 10.6 Å². The number of methoxy groups -OCH3 is 1. The normalized spacial score (nSPS) is 21.8. The quantitative estimate of drug-likeness (QED) is 0.515. The summed E-state index contributed by atoms with van der Waals surface area (Å²) in [5.41, 5.74) is -0.108. The minimum Gasteiger partial charge on any atom is -0.444 e. The summed E-state index contributed by atoms with van der Waals surface area (Å²) < 4.78 is 18.7. The zero-order chi connectivity index (χ0) is 24.0. The number of anilines is 1. The van der Waals surface area contributed by atoms with E-state index < -0.39 is 5.60 Å². The number of morpholine rings is 1. The number of nitriles is 1. The van der Waals surface area contributed by atoms with Crippen LogP contribution in [0.15, 0.2) is 4.60 Å². The van der Waals surface area contributed by atoms with E-state index in [-0.39, 0.29) is 18.2 Å². The van der Waals surface area contributed by atoms with Crippen LogP contribution in [0.1, 0.15) is 45.2 Å². The first-order chi connectivity index (χ1) is 15.7. The molecule has 10 nitrogen and oxygen atoms in total. The summed E-state index contributed by atoms with van der Waals surface area (Å²) in [6.07, 6.45) is 1.24. The summed E-state index contributed by atoms with van der Waals surface area (Å²) in [5.74, 6) is 0.679. The van der Waals surface area contributed by atoms with Crippen LogP contribution in [0.25, 0.3) is 0 Å². The molecule has 0 radical (unpaired) electrons. The molecular weight excluding hydrogens is 492 g/mol. The zero-order valence-electron chi connectivity index (χ0n) is 20.0. The maximum atomic E-state index is 12.8. The van der Waals surface area contributed by atoms with Crippen LogP contribution >= 0.6 is 15.9 Å². The number of nitrogens with zero attached hydrogens (tertiary/aromatic N) is 5. The summed E-state index contributed by atoms with van der Waals surface area (Å²) in [5, 5.41) is 17.7. The van der Waals surface area contributed by atoms with Gasteiger partial charge in [-0.25, -0.2) is 9.48 Å². The molecule has 2 aliphatic heterocycles. The Morgan fingerprint density at radius 2 is 2.09 bits per heavy atom. The molecule has 0 aromatic carbocycles. The van der Waals surface area contributed by atoms with Gasteiger partial charge in [0.05, 0.1) is 31.9 Å². The number of aromatic nitrogens is 2. The first-order valence-corrected chi connectivity index (χ1v) is 12.2. The number of rotatable bonds is 8. The minimum atomic E-state index is -0.581. The van der Waals surface area contributed by atoms with E-state index in [4.69, 9.17) is 14.2 Å². The minimum absolute atomic E-state index is 0.0992. The number of likely N-dealkylation sites (tertiary alicyclic amines) is 1. The molecule has 3 heterocycles. The summed E-state index contributed by atoms with van der Waals surface area (Å²) in [4.78, 5) is 16.9. The molecule has 2 atom stereocenters. The molecule has 2 fully saturated rings. The molecule has 1 aromatic heterocycles. The van der Waals surface area contributed by atoms with Gasteiger partial charge in [0.25, 0.3) is 0 Å². The summed E-state index contributed by atoms with van der Waals surface area (Å²) in [6, 6.07) is 2.02. The third-order valence-electron chi connectivity index (χ3n) is 5.75. The first-order valence-electron chi connectivity index (χ1n) is 11.4. The van der Waals surface area contributed by atoms with Crippen molar-refractivity contribution in [3.05, 3.63) is 10.2 Å². The summed E-state index contributed by atoms with van der Waals surface area (Å²) >= 11 is 3.43. The number of hydrogen-bond donors (Lipinski definition) is 1. The van der Waals surface area contributed by atoms with Gasteiger partial charge in [0, 0.05) is 33.3 Å². The predicted molar refractivity (Wildman–Crippen MR) is 127 cm³/mol. The molecule has 0 aliphatic carbocycles. The highest BCUT2D eigenvalue weighted by molar-refractivity contribution is 9.10. The molecule has 0 saturated carbocycles. The van der Waals surface area contributed by atoms with Crippen molar-refractivity contribution in [3.63, 3.8) is 0 Å². The van der Waals surface area contributed by atoms with Crippen LogP contribution in [-0.4, -0.2) is 97.0 Å². The van der Waals surface area contributed by atoms with Crippen molar-refractivity contribution >= 4 is 27.8 Å². The van der Waals surface area contributed by atoms with Crippen molar-refractivity contribution in [2.24, 2.45) is 0 Å². The van der Waals surface area contributed by atoms with Gasteiger partial charge in [-0.2, -0.15) is 10.4 Å². The molecule has 2 aliphatic rings. The second kappa shape index (κ2) is 11.5. The van der Waals surface area contributed by atoms with Gasteiger partial charge in [-0.1, -0.05) is 0 Å². The fraction of sp³-hybridized carbons (Fsp3) is 0.773. The van der Waals surface area contributed by atoms with E-state index in [0.717, 1.165) is 39.3 Å². The standard InChI is InChI=1S/C22H35BrN6O4/c1-22(2,3)33-21(30)28-14-16(12-17(28)15-31-4)29-20(18(13-24)19(23)26-29)25-6-5-7-27-8-10-32-11-9-27/h16-17,25H,5-12,14-15H2,1-4H3/t16-,17+/m0/s1. The van der Waals surface area contributed by atoms with Gasteiger partial charge in [-0.3, -0.25) is 4.90 Å². The van der Waals surface area contributed by atoms with Crippen LogP contribution in [0.2, 0.25) is 0 Å². The van der Waals surface area contributed by atoms with E-state index >= 15 is 0 Å². The van der Waals surface area contributed by atoms with Crippen molar-refractivity contribution in [3.8, 4) is 6.07 Å². The van der Waals surface area contributed by atoms with Crippen LogP contribution in [0.5, 0.6) is 0 Å². The Labute approximate surface area is 204 Å². The molecule has 2 saturated heterocycles. The van der Waals surface area contributed by atoms with Gasteiger partial charge < -0.3 is 24.4 Å². The van der Waals surface area contributed by atoms with Gasteiger partial charge in [0.15, 0.2) is 0 Å². The molecule has 184 valence electrons. The Morgan fingerprint density at radius 1 is 1.36 bits per heavy atom. The lowest BCUT2D eigenvalue weighted by Gasteiger charge is -2.28. The molecule has 33 heavy (non-hydrogen) atoms. The maximum absolute atomic E-state index is 12.8. The Kier molecular flexibility index (Phi) is 8.98. The van der Waals surface area contributed by atoms with E-state index in [9.17, 15) is 10.1 Å². The van der Waals surface area contributed by atoms with Crippen LogP contribution < -0.4 is 5.32 Å². The lowest BCUT2D eigenvalue weighted by Crippen LogP contribution is -2.41. The average Bonchev–Trinajstić information content (AvgIpc) is 3.31. The molecule has 0 spiro atoms. The topological polar surface area (TPSA) is 105 Å². The van der Waals surface area contributed by atoms with Crippen LogP contribution in [0.3, 0.4) is 0 Å². The van der Waals surface area contributed by atoms with E-state index in [2.05, 4.69) is 37.3 Å². The van der Waals surface area contributed by atoms with Crippen molar-refractivity contribution in [1.29, 1.82) is 5.26 Å². The van der Waals surface area contributed by atoms with E-state index in [1.807, 2.05) is 25.5 Å². The highest BCUT2D eigenvalue weighted by Crippen LogP contribution is 2.34. The Morgan fingerprint density at radius 3 is 2.73 bits per heavy atom. The SMILES string of the molecule is COC[C@H]1C[C@H](n2nc(Br)c(C#N)c2NCCCN2CCOCC2)CN1C(=O)OC(C)(C)C. The second-order valence-electron chi connectivity index (χ2n) is 9.44. The van der Waals surface area contributed by atoms with Gasteiger partial charge in [0.2, 0.25) is 0 Å². The van der Waals surface area contributed by atoms with Crippen LogP contribution in [-0.2, 0) is 14.2 Å². The number of amides is 1. The summed E-state index contributed by atoms with van der Waals surface area (Å²) in [6.45, 7) is 11.6. The number of ether oxygens (including phenoxy) is 3. The zero-order valence-corrected chi connectivity index (χ0v) is 21.6. The number of halogens is 1. The Bertz CT molecular complexity index is 843. The smallest absolute Gasteiger partial charge is 0.410 e. The number of carbonyl (C=O) groups excluding carboxylic acids is 1. The highest BCUT2D eigenvalue weighted by Gasteiger charge is 2.40. The molecule has 1 N–H and O–H groups in total. The monoisotopic (exact) mass is 526 g/mol. The molecular formula is C22H35BrN6O4. The van der Waals surface area contributed by atoms with E-state index in [0.29, 0.717) is 42.1 Å². The third-order valence-corrected chi connectivity index (χ3v) is 6.31. The highest BCUT2D eigenvalue weighted by atomic mass is 79.9. The Balaban J connectivity index is 1.70. The van der Waals surface area contributed by atoms with Crippen molar-refractivity contribution in [2.45, 2.75) is 51.3 Å². The maximum Gasteiger partial charge on any atom is 0.410 e. The largest absolute Gasteiger partial charge is 0.444 e. The van der Waals surface area contributed by atoms with Gasteiger partial charge >= 0.3 is 6.09 Å². The number of carbonyl (C=O) groups is 1. The molecule has 11 heteroatoms. The van der Waals surface area contributed by atoms with Gasteiger partial charge in [-0.05, 0) is 56.1 Å². The molecule has 0 bridgehead atoms. The molecule has 1 amide bonds. The van der Waals surface area contributed by atoms with E-state index in [1.54, 1.807) is 12.0 Å². The van der Waals surface area contributed by atoms with Crippen molar-refractivity contribution in [2.75, 3.05) is 65.0 Å². The summed E-state index contributed by atoms with van der Waals surface area (Å²) in [7, 11) is 1.63. The predicted octanol–water partition coefficient (Wildman–Crippen LogP) is 2.85. The molecule has 0 unspecified atom stereocenters. The fourth-order valence-electron chi connectivity index (χ4n) is 4.24. The Hall–Kier alpha value is -1.87.